The number of pyridine rings is 1. The predicted octanol–water partition coefficient (Wildman–Crippen LogP) is 2.34. The number of aliphatic hydroxyl groups is 1. The van der Waals surface area contributed by atoms with Gasteiger partial charge in [-0.05, 0) is 36.8 Å². The Bertz CT molecular complexity index is 1230. The van der Waals surface area contributed by atoms with Crippen LogP contribution in [-0.2, 0) is 15.6 Å². The molecule has 1 saturated heterocycles. The van der Waals surface area contributed by atoms with Crippen molar-refractivity contribution < 1.29 is 26.7 Å². The van der Waals surface area contributed by atoms with Crippen LogP contribution in [0.5, 0.6) is 0 Å². The van der Waals surface area contributed by atoms with Gasteiger partial charge in [0.25, 0.3) is 0 Å². The molecule has 0 spiro atoms. The first-order valence-corrected chi connectivity index (χ1v) is 11.6. The van der Waals surface area contributed by atoms with Crippen molar-refractivity contribution in [3.05, 3.63) is 48.2 Å². The number of nitrogens with two attached hydrogens (primary N) is 1. The van der Waals surface area contributed by atoms with Crippen LogP contribution in [0.3, 0.4) is 0 Å². The van der Waals surface area contributed by atoms with Gasteiger partial charge in [0.05, 0.1) is 6.42 Å². The summed E-state index contributed by atoms with van der Waals surface area (Å²) in [6, 6.07) is 7.42. The number of hydrogen-bond donors (Lipinski definition) is 2. The second-order valence-corrected chi connectivity index (χ2v) is 9.61. The average molecular weight is 493 g/mol. The Balaban J connectivity index is 1.87. The molecule has 2 aromatic rings. The molecule has 34 heavy (non-hydrogen) atoms. The van der Waals surface area contributed by atoms with E-state index in [4.69, 9.17) is 12.2 Å². The monoisotopic (exact) mass is 492 g/mol. The van der Waals surface area contributed by atoms with E-state index in [1.165, 1.54) is 46.9 Å². The number of rotatable bonds is 5. The highest BCUT2D eigenvalue weighted by molar-refractivity contribution is 7.89. The summed E-state index contributed by atoms with van der Waals surface area (Å²) in [5, 5.41) is 10.2. The fourth-order valence-corrected chi connectivity index (χ4v) is 5.09. The summed E-state index contributed by atoms with van der Waals surface area (Å²) in [5.41, 5.74) is 2.53. The van der Waals surface area contributed by atoms with Crippen LogP contribution >= 0.6 is 0 Å². The number of nitrogens with zero attached hydrogens (tertiary/aromatic N) is 3. The van der Waals surface area contributed by atoms with Crippen LogP contribution in [0.25, 0.3) is 0 Å². The molecule has 1 aliphatic rings. The summed E-state index contributed by atoms with van der Waals surface area (Å²) in [5.74, 6) is 7.81. The zero-order valence-electron chi connectivity index (χ0n) is 18.2. The lowest BCUT2D eigenvalue weighted by Gasteiger charge is -2.40. The van der Waals surface area contributed by atoms with Crippen molar-refractivity contribution in [1.29, 1.82) is 0 Å². The van der Waals surface area contributed by atoms with Gasteiger partial charge < -0.3 is 15.7 Å². The van der Waals surface area contributed by atoms with Gasteiger partial charge in [-0.2, -0.15) is 17.5 Å². The number of nitrogen functional groups attached to an aromatic ring is 1. The zero-order chi connectivity index (χ0) is 25.1. The van der Waals surface area contributed by atoms with E-state index in [2.05, 4.69) is 16.8 Å². The Kier molecular flexibility index (Phi) is 7.13. The molecule has 0 bridgehead atoms. The van der Waals surface area contributed by atoms with Gasteiger partial charge in [0.15, 0.2) is 5.60 Å². The standard InChI is InChI=1S/C23H23F3N4O3S/c1-3-5-19-16-29(34(32,33)20-10-11-21(27)28-15-20)13-14-30(19)18-8-6-17(7-9-18)22(31,12-4-2)23(24,25)26/h2,6-11,15,19,31H,12-14,16H2,1H3,(H2,27,28)/t19-,22?/m0/s1. The first-order valence-electron chi connectivity index (χ1n) is 10.2. The highest BCUT2D eigenvalue weighted by Crippen LogP contribution is 2.42. The van der Waals surface area contributed by atoms with Crippen LogP contribution in [-0.4, -0.2) is 54.7 Å². The fraction of sp³-hybridized carbons (Fsp3) is 0.348. The minimum Gasteiger partial charge on any atom is -0.384 e. The largest absolute Gasteiger partial charge is 0.422 e. The molecule has 2 atom stereocenters. The van der Waals surface area contributed by atoms with E-state index in [-0.39, 0.29) is 35.9 Å². The van der Waals surface area contributed by atoms with Crippen LogP contribution in [0.15, 0.2) is 47.5 Å². The first kappa shape index (κ1) is 25.4. The molecular weight excluding hydrogens is 469 g/mol. The normalized spacial score (nSPS) is 18.9. The van der Waals surface area contributed by atoms with Crippen molar-refractivity contribution in [1.82, 2.24) is 9.29 Å². The molecule has 0 radical (unpaired) electrons. The quantitative estimate of drug-likeness (QED) is 0.622. The third-order valence-corrected chi connectivity index (χ3v) is 7.40. The lowest BCUT2D eigenvalue weighted by molar-refractivity contribution is -0.264. The van der Waals surface area contributed by atoms with Crippen molar-refractivity contribution in [2.45, 2.75) is 36.1 Å². The minimum atomic E-state index is -4.95. The Hall–Kier alpha value is -3.25. The lowest BCUT2D eigenvalue weighted by Crippen LogP contribution is -2.54. The molecule has 7 nitrogen and oxygen atoms in total. The summed E-state index contributed by atoms with van der Waals surface area (Å²) in [6.45, 7) is 2.02. The molecule has 1 unspecified atom stereocenters. The summed E-state index contributed by atoms with van der Waals surface area (Å²) >= 11 is 0. The number of hydrogen-bond acceptors (Lipinski definition) is 6. The molecule has 180 valence electrons. The minimum absolute atomic E-state index is 0.00246. The molecule has 0 amide bonds. The maximum absolute atomic E-state index is 13.5. The molecule has 2 heterocycles. The number of terminal acetylenes is 1. The van der Waals surface area contributed by atoms with Gasteiger partial charge in [0.2, 0.25) is 10.0 Å². The first-order chi connectivity index (χ1) is 15.9. The van der Waals surface area contributed by atoms with Gasteiger partial charge in [-0.3, -0.25) is 0 Å². The number of anilines is 2. The van der Waals surface area contributed by atoms with E-state index < -0.39 is 34.3 Å². The Morgan fingerprint density at radius 2 is 1.88 bits per heavy atom. The average Bonchev–Trinajstić information content (AvgIpc) is 2.79. The second kappa shape index (κ2) is 9.55. The van der Waals surface area contributed by atoms with E-state index in [1.807, 2.05) is 5.92 Å². The van der Waals surface area contributed by atoms with Gasteiger partial charge in [-0.25, -0.2) is 13.4 Å². The topological polar surface area (TPSA) is 99.8 Å². The van der Waals surface area contributed by atoms with E-state index in [0.29, 0.717) is 5.69 Å². The van der Waals surface area contributed by atoms with Gasteiger partial charge in [-0.1, -0.05) is 18.1 Å². The summed E-state index contributed by atoms with van der Waals surface area (Å²) in [6.07, 6.45) is 0.365. The highest BCUT2D eigenvalue weighted by atomic mass is 32.2. The number of piperazine rings is 1. The smallest absolute Gasteiger partial charge is 0.384 e. The molecule has 11 heteroatoms. The van der Waals surface area contributed by atoms with Crippen LogP contribution in [0, 0.1) is 24.2 Å². The number of aromatic nitrogens is 1. The lowest BCUT2D eigenvalue weighted by atomic mass is 9.89. The maximum Gasteiger partial charge on any atom is 0.422 e. The van der Waals surface area contributed by atoms with Crippen molar-refractivity contribution in [2.24, 2.45) is 0 Å². The van der Waals surface area contributed by atoms with E-state index in [9.17, 15) is 26.7 Å². The van der Waals surface area contributed by atoms with Crippen LogP contribution in [0.4, 0.5) is 24.7 Å². The van der Waals surface area contributed by atoms with E-state index >= 15 is 0 Å². The van der Waals surface area contributed by atoms with Crippen molar-refractivity contribution in [3.8, 4) is 24.2 Å². The number of benzene rings is 1. The Labute approximate surface area is 196 Å². The summed E-state index contributed by atoms with van der Waals surface area (Å²) < 4.78 is 67.7. The molecule has 1 aromatic heterocycles. The van der Waals surface area contributed by atoms with Gasteiger partial charge in [0, 0.05) is 31.5 Å². The SMILES string of the molecule is C#CCC(O)(c1ccc(N2CCN(S(=O)(=O)c3ccc(N)nc3)C[C@@H]2C#CC)cc1)C(F)(F)F. The molecule has 1 aliphatic heterocycles. The maximum atomic E-state index is 13.5. The van der Waals surface area contributed by atoms with Gasteiger partial charge in [-0.15, -0.1) is 18.3 Å². The summed E-state index contributed by atoms with van der Waals surface area (Å²) in [7, 11) is -3.84. The van der Waals surface area contributed by atoms with Crippen molar-refractivity contribution in [3.63, 3.8) is 0 Å². The molecule has 3 rings (SSSR count). The number of alkyl halides is 3. The Morgan fingerprint density at radius 3 is 2.41 bits per heavy atom. The fourth-order valence-electron chi connectivity index (χ4n) is 3.71. The second-order valence-electron chi connectivity index (χ2n) is 7.67. The molecule has 0 saturated carbocycles. The van der Waals surface area contributed by atoms with Crippen molar-refractivity contribution >= 4 is 21.5 Å². The Morgan fingerprint density at radius 1 is 1.21 bits per heavy atom. The van der Waals surface area contributed by atoms with E-state index in [1.54, 1.807) is 11.8 Å². The molecule has 1 fully saturated rings. The molecular formula is C23H23F3N4O3S. The molecule has 1 aromatic carbocycles. The molecule has 3 N–H and O–H groups in total. The molecule has 0 aliphatic carbocycles. The predicted molar refractivity (Wildman–Crippen MR) is 122 cm³/mol. The third kappa shape index (κ3) is 4.82. The van der Waals surface area contributed by atoms with Gasteiger partial charge >= 0.3 is 6.18 Å². The summed E-state index contributed by atoms with van der Waals surface area (Å²) in [4.78, 5) is 5.65. The van der Waals surface area contributed by atoms with Crippen LogP contribution in [0.1, 0.15) is 18.9 Å². The zero-order valence-corrected chi connectivity index (χ0v) is 19.1. The van der Waals surface area contributed by atoms with Crippen LogP contribution < -0.4 is 10.6 Å². The number of sulfonamides is 1. The van der Waals surface area contributed by atoms with Crippen molar-refractivity contribution in [2.75, 3.05) is 30.3 Å². The van der Waals surface area contributed by atoms with Gasteiger partial charge in [0.1, 0.15) is 16.8 Å². The third-order valence-electron chi connectivity index (χ3n) is 5.55. The number of halogens is 3. The highest BCUT2D eigenvalue weighted by Gasteiger charge is 2.54. The van der Waals surface area contributed by atoms with E-state index in [0.717, 1.165) is 0 Å². The van der Waals surface area contributed by atoms with Crippen LogP contribution in [0.2, 0.25) is 0 Å².